The first-order valence-corrected chi connectivity index (χ1v) is 7.09. The van der Waals surface area contributed by atoms with Crippen LogP contribution < -0.4 is 20.7 Å². The highest BCUT2D eigenvalue weighted by Gasteiger charge is 2.31. The van der Waals surface area contributed by atoms with Crippen LogP contribution in [0.4, 0.5) is 4.79 Å². The molecule has 4 N–H and O–H groups in total. The van der Waals surface area contributed by atoms with Crippen LogP contribution in [0.2, 0.25) is 0 Å². The molecule has 2 aromatic rings. The number of ether oxygens (including phenoxy) is 1. The minimum atomic E-state index is -0.811. The van der Waals surface area contributed by atoms with Gasteiger partial charge in [-0.2, -0.15) is 0 Å². The maximum atomic E-state index is 11.9. The van der Waals surface area contributed by atoms with Gasteiger partial charge in [-0.1, -0.05) is 0 Å². The molecule has 2 heterocycles. The molecule has 1 fully saturated rings. The minimum absolute atomic E-state index is 0.0916. The molecule has 8 heteroatoms. The quantitative estimate of drug-likeness (QED) is 0.598. The molecule has 3 rings (SSSR count). The smallest absolute Gasteiger partial charge is 0.322 e. The number of amides is 4. The summed E-state index contributed by atoms with van der Waals surface area (Å²) in [5.74, 6) is -0.0403. The van der Waals surface area contributed by atoms with Gasteiger partial charge >= 0.3 is 6.03 Å². The molecule has 1 atom stereocenters. The molecule has 1 aliphatic heterocycles. The highest BCUT2D eigenvalue weighted by atomic mass is 16.5. The zero-order valence-corrected chi connectivity index (χ0v) is 12.4. The Kier molecular flexibility index (Phi) is 3.88. The number of methoxy groups -OCH3 is 1. The number of hydrogen-bond acceptors (Lipinski definition) is 4. The van der Waals surface area contributed by atoms with Crippen molar-refractivity contribution in [1.29, 1.82) is 0 Å². The number of hydrogen-bond donors (Lipinski definition) is 4. The van der Waals surface area contributed by atoms with Gasteiger partial charge in [0.2, 0.25) is 5.91 Å². The molecule has 1 aliphatic rings. The zero-order valence-electron chi connectivity index (χ0n) is 12.4. The Bertz CT molecular complexity index is 783. The van der Waals surface area contributed by atoms with E-state index in [1.807, 2.05) is 24.3 Å². The third-order valence-corrected chi connectivity index (χ3v) is 3.61. The summed E-state index contributed by atoms with van der Waals surface area (Å²) in [6.45, 7) is 0.304. The molecule has 1 unspecified atom stereocenters. The van der Waals surface area contributed by atoms with E-state index in [-0.39, 0.29) is 12.3 Å². The average molecular weight is 316 g/mol. The van der Waals surface area contributed by atoms with E-state index in [0.29, 0.717) is 6.54 Å². The van der Waals surface area contributed by atoms with Crippen LogP contribution in [0, 0.1) is 0 Å². The number of aromatic nitrogens is 1. The number of urea groups is 1. The van der Waals surface area contributed by atoms with Gasteiger partial charge in [-0.3, -0.25) is 14.9 Å². The van der Waals surface area contributed by atoms with Gasteiger partial charge in [0.25, 0.3) is 5.91 Å². The van der Waals surface area contributed by atoms with Crippen molar-refractivity contribution < 1.29 is 19.1 Å². The molecule has 23 heavy (non-hydrogen) atoms. The summed E-state index contributed by atoms with van der Waals surface area (Å²) in [5, 5.41) is 8.17. The van der Waals surface area contributed by atoms with Crippen LogP contribution in [0.3, 0.4) is 0 Å². The molecule has 1 saturated heterocycles. The fourth-order valence-electron chi connectivity index (χ4n) is 2.45. The molecule has 1 aromatic carbocycles. The predicted molar refractivity (Wildman–Crippen MR) is 81.8 cm³/mol. The number of benzene rings is 1. The van der Waals surface area contributed by atoms with E-state index in [1.165, 1.54) is 0 Å². The lowest BCUT2D eigenvalue weighted by Gasteiger charge is -2.07. The molecule has 0 saturated carbocycles. The van der Waals surface area contributed by atoms with Crippen LogP contribution in [-0.2, 0) is 16.1 Å². The van der Waals surface area contributed by atoms with Gasteiger partial charge in [-0.15, -0.1) is 0 Å². The van der Waals surface area contributed by atoms with Crippen LogP contribution >= 0.6 is 0 Å². The van der Waals surface area contributed by atoms with Gasteiger partial charge in [-0.05, 0) is 24.3 Å². The largest absolute Gasteiger partial charge is 0.497 e. The lowest BCUT2D eigenvalue weighted by Crippen LogP contribution is -2.36. The van der Waals surface area contributed by atoms with Crippen LogP contribution in [0.5, 0.6) is 5.75 Å². The van der Waals surface area contributed by atoms with E-state index in [0.717, 1.165) is 22.3 Å². The summed E-state index contributed by atoms with van der Waals surface area (Å²) < 4.78 is 5.17. The van der Waals surface area contributed by atoms with E-state index in [9.17, 15) is 14.4 Å². The summed E-state index contributed by atoms with van der Waals surface area (Å²) in [4.78, 5) is 37.4. The van der Waals surface area contributed by atoms with Crippen LogP contribution in [0.1, 0.15) is 12.1 Å². The second kappa shape index (κ2) is 5.99. The summed E-state index contributed by atoms with van der Waals surface area (Å²) in [6, 6.07) is 6.19. The summed E-state index contributed by atoms with van der Waals surface area (Å²) >= 11 is 0. The molecule has 0 radical (unpaired) electrons. The average Bonchev–Trinajstić information content (AvgIpc) is 3.07. The number of fused-ring (bicyclic) bond motifs is 1. The maximum Gasteiger partial charge on any atom is 0.322 e. The van der Waals surface area contributed by atoms with Crippen molar-refractivity contribution in [2.75, 3.05) is 7.11 Å². The van der Waals surface area contributed by atoms with Crippen LogP contribution in [0.15, 0.2) is 24.3 Å². The lowest BCUT2D eigenvalue weighted by atomic mass is 10.2. The normalized spacial score (nSPS) is 17.0. The number of rotatable bonds is 5. The SMILES string of the molecule is COc1ccc2[nH]c(CNC(=O)CC3NC(=O)NC3=O)cc2c1. The van der Waals surface area contributed by atoms with Gasteiger partial charge in [0.05, 0.1) is 20.1 Å². The van der Waals surface area contributed by atoms with E-state index in [4.69, 9.17) is 4.74 Å². The van der Waals surface area contributed by atoms with Crippen molar-refractivity contribution in [3.63, 3.8) is 0 Å². The Morgan fingerprint density at radius 2 is 2.13 bits per heavy atom. The van der Waals surface area contributed by atoms with Crippen molar-refractivity contribution >= 4 is 28.7 Å². The first kappa shape index (κ1) is 14.9. The molecule has 1 aromatic heterocycles. The molecule has 4 amide bonds. The first-order chi connectivity index (χ1) is 11.0. The van der Waals surface area contributed by atoms with Gasteiger partial charge in [0.1, 0.15) is 11.8 Å². The Labute approximate surface area is 131 Å². The minimum Gasteiger partial charge on any atom is -0.497 e. The summed E-state index contributed by atoms with van der Waals surface area (Å²) in [7, 11) is 1.60. The predicted octanol–water partition coefficient (Wildman–Crippen LogP) is 0.391. The fourth-order valence-corrected chi connectivity index (χ4v) is 2.45. The van der Waals surface area contributed by atoms with Crippen molar-refractivity contribution in [1.82, 2.24) is 20.9 Å². The van der Waals surface area contributed by atoms with Gasteiger partial charge in [0.15, 0.2) is 0 Å². The van der Waals surface area contributed by atoms with Crippen molar-refractivity contribution in [3.05, 3.63) is 30.0 Å². The number of carbonyl (C=O) groups excluding carboxylic acids is 3. The second-order valence-electron chi connectivity index (χ2n) is 5.24. The van der Waals surface area contributed by atoms with E-state index >= 15 is 0 Å². The van der Waals surface area contributed by atoms with Gasteiger partial charge in [0, 0.05) is 16.6 Å². The van der Waals surface area contributed by atoms with Crippen molar-refractivity contribution in [2.24, 2.45) is 0 Å². The molecule has 0 aliphatic carbocycles. The number of nitrogens with one attached hydrogen (secondary N) is 4. The second-order valence-corrected chi connectivity index (χ2v) is 5.24. The highest BCUT2D eigenvalue weighted by molar-refractivity contribution is 6.05. The molecular formula is C15H16N4O4. The third-order valence-electron chi connectivity index (χ3n) is 3.61. The van der Waals surface area contributed by atoms with Crippen LogP contribution in [0.25, 0.3) is 10.9 Å². The van der Waals surface area contributed by atoms with Crippen LogP contribution in [-0.4, -0.2) is 36.0 Å². The molecule has 0 bridgehead atoms. The van der Waals surface area contributed by atoms with Crippen molar-refractivity contribution in [3.8, 4) is 5.75 Å². The Morgan fingerprint density at radius 3 is 2.83 bits per heavy atom. The molecule has 120 valence electrons. The van der Waals surface area contributed by atoms with Gasteiger partial charge < -0.3 is 20.4 Å². The zero-order chi connectivity index (χ0) is 16.4. The Balaban J connectivity index is 1.58. The van der Waals surface area contributed by atoms with E-state index in [1.54, 1.807) is 7.11 Å². The lowest BCUT2D eigenvalue weighted by molar-refractivity contribution is -0.126. The molecule has 0 spiro atoms. The maximum absolute atomic E-state index is 11.9. The number of carbonyl (C=O) groups is 3. The number of aromatic amines is 1. The van der Waals surface area contributed by atoms with Gasteiger partial charge in [-0.25, -0.2) is 4.79 Å². The summed E-state index contributed by atoms with van der Waals surface area (Å²) in [6.07, 6.45) is -0.0916. The monoisotopic (exact) mass is 316 g/mol. The fraction of sp³-hybridized carbons (Fsp3) is 0.267. The standard InChI is InChI=1S/C15H16N4O4/c1-23-10-2-3-11-8(5-10)4-9(17-11)7-16-13(20)6-12-14(21)19-15(22)18-12/h2-5,12,17H,6-7H2,1H3,(H,16,20)(H2,18,19,21,22). The van der Waals surface area contributed by atoms with E-state index in [2.05, 4.69) is 20.9 Å². The number of H-pyrrole nitrogens is 1. The third kappa shape index (κ3) is 3.25. The summed E-state index contributed by atoms with van der Waals surface area (Å²) in [5.41, 5.74) is 1.78. The topological polar surface area (TPSA) is 112 Å². The molecular weight excluding hydrogens is 300 g/mol. The number of imide groups is 1. The Hall–Kier alpha value is -3.03. The van der Waals surface area contributed by atoms with Crippen molar-refractivity contribution in [2.45, 2.75) is 19.0 Å². The highest BCUT2D eigenvalue weighted by Crippen LogP contribution is 2.21. The molecule has 8 nitrogen and oxygen atoms in total. The first-order valence-electron chi connectivity index (χ1n) is 7.09. The van der Waals surface area contributed by atoms with E-state index < -0.39 is 18.0 Å². The Morgan fingerprint density at radius 1 is 1.30 bits per heavy atom.